The van der Waals surface area contributed by atoms with Crippen molar-refractivity contribution in [3.63, 3.8) is 0 Å². The van der Waals surface area contributed by atoms with Crippen LogP contribution in [0.5, 0.6) is 0 Å². The Bertz CT molecular complexity index is 138. The second-order valence-corrected chi connectivity index (χ2v) is 4.04. The van der Waals surface area contributed by atoms with E-state index in [1.54, 1.807) is 0 Å². The predicted octanol–water partition coefficient (Wildman–Crippen LogP) is 1.76. The Labute approximate surface area is 69.1 Å². The fourth-order valence-corrected chi connectivity index (χ4v) is 1.39. The van der Waals surface area contributed by atoms with E-state index >= 15 is 0 Å². The van der Waals surface area contributed by atoms with Gasteiger partial charge in [0.05, 0.1) is 0 Å². The topological polar surface area (TPSA) is 27.1 Å². The molecular formula is C9H18N2. The van der Waals surface area contributed by atoms with Gasteiger partial charge in [0.2, 0.25) is 0 Å². The lowest BCUT2D eigenvalue weighted by Crippen LogP contribution is -2.26. The van der Waals surface area contributed by atoms with E-state index < -0.39 is 0 Å². The molecule has 1 fully saturated rings. The van der Waals surface area contributed by atoms with Crippen molar-refractivity contribution in [1.82, 2.24) is 4.90 Å². The molecule has 0 aromatic rings. The molecule has 0 aromatic heterocycles. The maximum atomic E-state index is 6.89. The number of hydrogen-bond donors (Lipinski definition) is 1. The van der Waals surface area contributed by atoms with Crippen LogP contribution in [0.2, 0.25) is 0 Å². The molecule has 2 heteroatoms. The molecule has 0 spiro atoms. The quantitative estimate of drug-likeness (QED) is 0.600. The second kappa shape index (κ2) is 3.35. The highest BCUT2D eigenvalue weighted by Gasteiger charge is 2.37. The summed E-state index contributed by atoms with van der Waals surface area (Å²) in [7, 11) is 2.15. The van der Waals surface area contributed by atoms with Crippen molar-refractivity contribution >= 4 is 6.21 Å². The first kappa shape index (κ1) is 8.72. The van der Waals surface area contributed by atoms with Gasteiger partial charge in [0.1, 0.15) is 0 Å². The molecule has 1 N–H and O–H groups in total. The molecule has 1 aliphatic rings. The SMILES string of the molecule is CN(CCC=N)CC1(C)CC1. The smallest absolute Gasteiger partial charge is 0.00324 e. The zero-order valence-corrected chi connectivity index (χ0v) is 7.56. The van der Waals surface area contributed by atoms with Crippen molar-refractivity contribution in [2.75, 3.05) is 20.1 Å². The predicted molar refractivity (Wildman–Crippen MR) is 48.2 cm³/mol. The summed E-state index contributed by atoms with van der Waals surface area (Å²) in [5.74, 6) is 0. The van der Waals surface area contributed by atoms with Crippen LogP contribution in [-0.2, 0) is 0 Å². The standard InChI is InChI=1S/C9H18N2/c1-9(4-5-9)8-11(2)7-3-6-10/h6,10H,3-5,7-8H2,1-2H3. The molecule has 1 rings (SSSR count). The van der Waals surface area contributed by atoms with Gasteiger partial charge >= 0.3 is 0 Å². The molecule has 0 unspecified atom stereocenters. The zero-order chi connectivity index (χ0) is 8.32. The Morgan fingerprint density at radius 2 is 2.18 bits per heavy atom. The molecule has 11 heavy (non-hydrogen) atoms. The van der Waals surface area contributed by atoms with Crippen LogP contribution < -0.4 is 0 Å². The van der Waals surface area contributed by atoms with Crippen LogP contribution in [0.4, 0.5) is 0 Å². The van der Waals surface area contributed by atoms with Gasteiger partial charge in [0.15, 0.2) is 0 Å². The maximum absolute atomic E-state index is 6.89. The summed E-state index contributed by atoms with van der Waals surface area (Å²) >= 11 is 0. The first-order chi connectivity index (χ1) is 5.16. The largest absolute Gasteiger partial charge is 0.313 e. The summed E-state index contributed by atoms with van der Waals surface area (Å²) < 4.78 is 0. The number of hydrogen-bond acceptors (Lipinski definition) is 2. The summed E-state index contributed by atoms with van der Waals surface area (Å²) in [4.78, 5) is 2.33. The molecule has 64 valence electrons. The minimum absolute atomic E-state index is 0.622. The summed E-state index contributed by atoms with van der Waals surface area (Å²) in [5.41, 5.74) is 0.622. The van der Waals surface area contributed by atoms with E-state index in [-0.39, 0.29) is 0 Å². The second-order valence-electron chi connectivity index (χ2n) is 4.04. The van der Waals surface area contributed by atoms with Crippen molar-refractivity contribution in [2.24, 2.45) is 5.41 Å². The summed E-state index contributed by atoms with van der Waals surface area (Å²) in [6.07, 6.45) is 5.17. The molecule has 0 heterocycles. The van der Waals surface area contributed by atoms with Gasteiger partial charge in [-0.05, 0) is 37.9 Å². The molecule has 0 amide bonds. The Morgan fingerprint density at radius 1 is 1.55 bits per heavy atom. The Kier molecular flexibility index (Phi) is 2.66. The lowest BCUT2D eigenvalue weighted by Gasteiger charge is -2.19. The zero-order valence-electron chi connectivity index (χ0n) is 7.56. The number of nitrogens with one attached hydrogen (secondary N) is 1. The summed E-state index contributed by atoms with van der Waals surface area (Å²) in [6.45, 7) is 4.59. The highest BCUT2D eigenvalue weighted by molar-refractivity contribution is 5.52. The van der Waals surface area contributed by atoms with Crippen LogP contribution in [0, 0.1) is 10.8 Å². The van der Waals surface area contributed by atoms with Gasteiger partial charge in [-0.1, -0.05) is 6.92 Å². The van der Waals surface area contributed by atoms with Gasteiger partial charge in [-0.15, -0.1) is 0 Å². The van der Waals surface area contributed by atoms with E-state index in [1.165, 1.54) is 25.6 Å². The molecule has 0 bridgehead atoms. The molecular weight excluding hydrogens is 136 g/mol. The van der Waals surface area contributed by atoms with Gasteiger partial charge in [0.25, 0.3) is 0 Å². The van der Waals surface area contributed by atoms with Crippen molar-refractivity contribution in [2.45, 2.75) is 26.2 Å². The van der Waals surface area contributed by atoms with E-state index in [1.807, 2.05) is 0 Å². The fraction of sp³-hybridized carbons (Fsp3) is 0.889. The third-order valence-corrected chi connectivity index (χ3v) is 2.41. The third kappa shape index (κ3) is 3.02. The van der Waals surface area contributed by atoms with Crippen LogP contribution in [0.3, 0.4) is 0 Å². The van der Waals surface area contributed by atoms with Crippen molar-refractivity contribution in [3.8, 4) is 0 Å². The fourth-order valence-electron chi connectivity index (χ4n) is 1.39. The van der Waals surface area contributed by atoms with Crippen molar-refractivity contribution in [1.29, 1.82) is 5.41 Å². The lowest BCUT2D eigenvalue weighted by molar-refractivity contribution is 0.282. The Morgan fingerprint density at radius 3 is 2.64 bits per heavy atom. The average Bonchev–Trinajstić information content (AvgIpc) is 2.63. The van der Waals surface area contributed by atoms with Crippen LogP contribution in [-0.4, -0.2) is 31.3 Å². The van der Waals surface area contributed by atoms with Gasteiger partial charge in [-0.2, -0.15) is 0 Å². The average molecular weight is 154 g/mol. The van der Waals surface area contributed by atoms with Gasteiger partial charge < -0.3 is 10.3 Å². The minimum atomic E-state index is 0.622. The van der Waals surface area contributed by atoms with E-state index in [2.05, 4.69) is 18.9 Å². The first-order valence-electron chi connectivity index (χ1n) is 4.34. The number of nitrogens with zero attached hydrogens (tertiary/aromatic N) is 1. The lowest BCUT2D eigenvalue weighted by atomic mass is 10.1. The van der Waals surface area contributed by atoms with Gasteiger partial charge in [-0.3, -0.25) is 0 Å². The van der Waals surface area contributed by atoms with Crippen LogP contribution in [0.1, 0.15) is 26.2 Å². The highest BCUT2D eigenvalue weighted by atomic mass is 15.1. The molecule has 0 saturated heterocycles. The molecule has 1 aliphatic carbocycles. The van der Waals surface area contributed by atoms with Gasteiger partial charge in [0, 0.05) is 13.1 Å². The van der Waals surface area contributed by atoms with E-state index in [9.17, 15) is 0 Å². The third-order valence-electron chi connectivity index (χ3n) is 2.41. The van der Waals surface area contributed by atoms with Crippen LogP contribution in [0.25, 0.3) is 0 Å². The van der Waals surface area contributed by atoms with Crippen molar-refractivity contribution in [3.05, 3.63) is 0 Å². The van der Waals surface area contributed by atoms with Crippen molar-refractivity contribution < 1.29 is 0 Å². The molecule has 0 aromatic carbocycles. The highest BCUT2D eigenvalue weighted by Crippen LogP contribution is 2.45. The normalized spacial score (nSPS) is 20.3. The molecule has 0 radical (unpaired) electrons. The van der Waals surface area contributed by atoms with E-state index in [4.69, 9.17) is 5.41 Å². The van der Waals surface area contributed by atoms with E-state index in [0.717, 1.165) is 13.0 Å². The van der Waals surface area contributed by atoms with Gasteiger partial charge in [-0.25, -0.2) is 0 Å². The molecule has 2 nitrogen and oxygen atoms in total. The monoisotopic (exact) mass is 154 g/mol. The molecule has 0 aliphatic heterocycles. The number of rotatable bonds is 5. The molecule has 1 saturated carbocycles. The maximum Gasteiger partial charge on any atom is 0.00324 e. The summed E-state index contributed by atoms with van der Waals surface area (Å²) in [6, 6.07) is 0. The summed E-state index contributed by atoms with van der Waals surface area (Å²) in [5, 5.41) is 6.89. The van der Waals surface area contributed by atoms with E-state index in [0.29, 0.717) is 5.41 Å². The minimum Gasteiger partial charge on any atom is -0.313 e. The van der Waals surface area contributed by atoms with Crippen LogP contribution >= 0.6 is 0 Å². The molecule has 0 atom stereocenters. The Hall–Kier alpha value is -0.370. The Balaban J connectivity index is 2.10. The van der Waals surface area contributed by atoms with Crippen LogP contribution in [0.15, 0.2) is 0 Å². The first-order valence-corrected chi connectivity index (χ1v) is 4.34.